The second kappa shape index (κ2) is 9.07. The SMILES string of the molecule is Cc1[nH]c2ccc(NC(=O)c3cc(N(C)C(=O)N(C)C)nc(N4CCOCC4)n3)cc2c1C. The van der Waals surface area contributed by atoms with Crippen LogP contribution in [0.15, 0.2) is 24.3 Å². The number of H-pyrrole nitrogens is 1. The van der Waals surface area contributed by atoms with E-state index in [2.05, 4.69) is 20.3 Å². The summed E-state index contributed by atoms with van der Waals surface area (Å²) in [6, 6.07) is 7.02. The Balaban J connectivity index is 1.67. The van der Waals surface area contributed by atoms with E-state index in [4.69, 9.17) is 4.74 Å². The molecule has 33 heavy (non-hydrogen) atoms. The maximum absolute atomic E-state index is 13.2. The number of hydrogen-bond acceptors (Lipinski definition) is 6. The van der Waals surface area contributed by atoms with Crippen molar-refractivity contribution in [3.05, 3.63) is 41.2 Å². The van der Waals surface area contributed by atoms with E-state index in [1.165, 1.54) is 15.9 Å². The molecular weight excluding hydrogens is 422 g/mol. The van der Waals surface area contributed by atoms with Crippen molar-refractivity contribution in [1.29, 1.82) is 0 Å². The first-order valence-corrected chi connectivity index (χ1v) is 10.8. The van der Waals surface area contributed by atoms with Crippen LogP contribution in [0.3, 0.4) is 0 Å². The average Bonchev–Trinajstić information content (AvgIpc) is 3.11. The summed E-state index contributed by atoms with van der Waals surface area (Å²) in [7, 11) is 4.95. The van der Waals surface area contributed by atoms with Gasteiger partial charge in [-0.05, 0) is 37.6 Å². The Hall–Kier alpha value is -3.66. The standard InChI is InChI=1S/C23H29N7O3/c1-14-15(2)24-18-7-6-16(12-17(14)18)25-21(31)19-13-20(29(5)23(32)28(3)4)27-22(26-19)30-8-10-33-11-9-30/h6-7,12-13,24H,8-11H2,1-5H3,(H,25,31). The van der Waals surface area contributed by atoms with Crippen molar-refractivity contribution in [3.63, 3.8) is 0 Å². The van der Waals surface area contributed by atoms with E-state index in [1.807, 2.05) is 36.9 Å². The molecule has 1 aliphatic heterocycles. The lowest BCUT2D eigenvalue weighted by Crippen LogP contribution is -2.39. The summed E-state index contributed by atoms with van der Waals surface area (Å²) >= 11 is 0. The molecule has 0 bridgehead atoms. The van der Waals surface area contributed by atoms with E-state index in [-0.39, 0.29) is 17.6 Å². The molecule has 0 aliphatic carbocycles. The number of aromatic amines is 1. The van der Waals surface area contributed by atoms with Crippen LogP contribution in [-0.2, 0) is 4.74 Å². The minimum atomic E-state index is -0.372. The van der Waals surface area contributed by atoms with Gasteiger partial charge in [-0.1, -0.05) is 0 Å². The highest BCUT2D eigenvalue weighted by Crippen LogP contribution is 2.25. The number of morpholine rings is 1. The van der Waals surface area contributed by atoms with Crippen molar-refractivity contribution in [1.82, 2.24) is 19.9 Å². The number of carbonyl (C=O) groups excluding carboxylic acids is 2. The van der Waals surface area contributed by atoms with Crippen LogP contribution in [0.1, 0.15) is 21.7 Å². The minimum absolute atomic E-state index is 0.182. The van der Waals surface area contributed by atoms with E-state index < -0.39 is 0 Å². The third-order valence-corrected chi connectivity index (χ3v) is 5.81. The lowest BCUT2D eigenvalue weighted by Gasteiger charge is -2.28. The zero-order valence-corrected chi connectivity index (χ0v) is 19.6. The monoisotopic (exact) mass is 451 g/mol. The minimum Gasteiger partial charge on any atom is -0.378 e. The van der Waals surface area contributed by atoms with Crippen LogP contribution >= 0.6 is 0 Å². The summed E-state index contributed by atoms with van der Waals surface area (Å²) in [5, 5.41) is 3.99. The number of rotatable bonds is 4. The van der Waals surface area contributed by atoms with Crippen molar-refractivity contribution in [2.24, 2.45) is 0 Å². The summed E-state index contributed by atoms with van der Waals surface area (Å²) < 4.78 is 5.42. The van der Waals surface area contributed by atoms with Crippen LogP contribution in [0, 0.1) is 13.8 Å². The number of anilines is 3. The van der Waals surface area contributed by atoms with Gasteiger partial charge in [0.1, 0.15) is 11.5 Å². The number of carbonyl (C=O) groups is 2. The number of amides is 3. The molecule has 2 N–H and O–H groups in total. The molecule has 0 unspecified atom stereocenters. The summed E-state index contributed by atoms with van der Waals surface area (Å²) in [6.07, 6.45) is 0. The van der Waals surface area contributed by atoms with E-state index in [1.54, 1.807) is 21.1 Å². The van der Waals surface area contributed by atoms with Gasteiger partial charge in [-0.2, -0.15) is 4.98 Å². The van der Waals surface area contributed by atoms with Gasteiger partial charge < -0.3 is 24.8 Å². The highest BCUT2D eigenvalue weighted by Gasteiger charge is 2.22. The van der Waals surface area contributed by atoms with E-state index >= 15 is 0 Å². The van der Waals surface area contributed by atoms with Crippen molar-refractivity contribution < 1.29 is 14.3 Å². The number of urea groups is 1. The van der Waals surface area contributed by atoms with Crippen LogP contribution < -0.4 is 15.1 Å². The molecule has 2 aromatic heterocycles. The molecule has 0 saturated carbocycles. The summed E-state index contributed by atoms with van der Waals surface area (Å²) in [6.45, 7) is 6.39. The third kappa shape index (κ3) is 4.61. The molecule has 3 aromatic rings. The van der Waals surface area contributed by atoms with Gasteiger partial charge >= 0.3 is 6.03 Å². The first kappa shape index (κ1) is 22.5. The fraction of sp³-hybridized carbons (Fsp3) is 0.391. The van der Waals surface area contributed by atoms with Gasteiger partial charge in [0.05, 0.1) is 13.2 Å². The quantitative estimate of drug-likeness (QED) is 0.632. The highest BCUT2D eigenvalue weighted by atomic mass is 16.5. The Morgan fingerprint density at radius 2 is 1.82 bits per heavy atom. The number of aryl methyl sites for hydroxylation is 2. The van der Waals surface area contributed by atoms with Crippen LogP contribution in [0.2, 0.25) is 0 Å². The smallest absolute Gasteiger partial charge is 0.324 e. The number of hydrogen-bond donors (Lipinski definition) is 2. The second-order valence-corrected chi connectivity index (χ2v) is 8.34. The number of benzene rings is 1. The molecule has 4 rings (SSSR count). The predicted octanol–water partition coefficient (Wildman–Crippen LogP) is 2.78. The van der Waals surface area contributed by atoms with E-state index in [0.717, 1.165) is 22.2 Å². The van der Waals surface area contributed by atoms with Gasteiger partial charge in [0.25, 0.3) is 5.91 Å². The number of nitrogens with one attached hydrogen (secondary N) is 2. The lowest BCUT2D eigenvalue weighted by molar-refractivity contribution is 0.102. The molecule has 3 heterocycles. The Morgan fingerprint density at radius 1 is 1.09 bits per heavy atom. The average molecular weight is 452 g/mol. The molecule has 1 fully saturated rings. The van der Waals surface area contributed by atoms with E-state index in [9.17, 15) is 9.59 Å². The molecule has 1 saturated heterocycles. The third-order valence-electron chi connectivity index (χ3n) is 5.81. The molecule has 0 atom stereocenters. The molecule has 1 aromatic carbocycles. The van der Waals surface area contributed by atoms with Crippen molar-refractivity contribution in [2.45, 2.75) is 13.8 Å². The molecule has 1 aliphatic rings. The molecule has 0 spiro atoms. The normalized spacial score (nSPS) is 13.8. The molecule has 10 nitrogen and oxygen atoms in total. The van der Waals surface area contributed by atoms with Crippen molar-refractivity contribution in [3.8, 4) is 0 Å². The first-order valence-electron chi connectivity index (χ1n) is 10.8. The lowest BCUT2D eigenvalue weighted by atomic mass is 10.1. The maximum atomic E-state index is 13.2. The van der Waals surface area contributed by atoms with Crippen LogP contribution in [0.5, 0.6) is 0 Å². The summed E-state index contributed by atoms with van der Waals surface area (Å²) in [5.74, 6) is 0.373. The number of fused-ring (bicyclic) bond motifs is 1. The number of nitrogens with zero attached hydrogens (tertiary/aromatic N) is 5. The number of aromatic nitrogens is 3. The Morgan fingerprint density at radius 3 is 2.52 bits per heavy atom. The van der Waals surface area contributed by atoms with Crippen molar-refractivity contribution >= 4 is 40.3 Å². The zero-order chi connectivity index (χ0) is 23.7. The Kier molecular flexibility index (Phi) is 6.19. The molecular formula is C23H29N7O3. The number of ether oxygens (including phenoxy) is 1. The fourth-order valence-electron chi connectivity index (χ4n) is 3.75. The second-order valence-electron chi connectivity index (χ2n) is 8.34. The molecule has 3 amide bonds. The van der Waals surface area contributed by atoms with Crippen molar-refractivity contribution in [2.75, 3.05) is 62.6 Å². The zero-order valence-electron chi connectivity index (χ0n) is 19.6. The summed E-state index contributed by atoms with van der Waals surface area (Å²) in [5.41, 5.74) is 4.11. The highest BCUT2D eigenvalue weighted by molar-refractivity contribution is 6.05. The van der Waals surface area contributed by atoms with Gasteiger partial charge in [0.15, 0.2) is 0 Å². The van der Waals surface area contributed by atoms with Crippen LogP contribution in [0.25, 0.3) is 10.9 Å². The van der Waals surface area contributed by atoms with Crippen LogP contribution in [-0.4, -0.2) is 79.2 Å². The van der Waals surface area contributed by atoms with E-state index in [0.29, 0.717) is 43.8 Å². The van der Waals surface area contributed by atoms with Gasteiger partial charge in [-0.15, -0.1) is 0 Å². The molecule has 10 heteroatoms. The summed E-state index contributed by atoms with van der Waals surface area (Å²) in [4.78, 5) is 42.9. The van der Waals surface area contributed by atoms with Gasteiger partial charge in [-0.25, -0.2) is 9.78 Å². The van der Waals surface area contributed by atoms with Gasteiger partial charge in [0.2, 0.25) is 5.95 Å². The largest absolute Gasteiger partial charge is 0.378 e. The first-order chi connectivity index (χ1) is 15.7. The fourth-order valence-corrected chi connectivity index (χ4v) is 3.75. The van der Waals surface area contributed by atoms with Gasteiger partial charge in [-0.3, -0.25) is 9.69 Å². The maximum Gasteiger partial charge on any atom is 0.324 e. The Bertz CT molecular complexity index is 1200. The predicted molar refractivity (Wildman–Crippen MR) is 128 cm³/mol. The Labute approximate surface area is 192 Å². The molecule has 174 valence electrons. The topological polar surface area (TPSA) is 107 Å². The van der Waals surface area contributed by atoms with Gasteiger partial charge in [0, 0.05) is 62.6 Å². The van der Waals surface area contributed by atoms with Crippen LogP contribution in [0.4, 0.5) is 22.2 Å². The molecule has 0 radical (unpaired) electrons.